The Bertz CT molecular complexity index is 810. The summed E-state index contributed by atoms with van der Waals surface area (Å²) in [5.74, 6) is 2.44. The SMILES string of the molecule is CCSCc1nnc2sc(Cc3cccc(C(F)(F)F)c3)nn12. The lowest BCUT2D eigenvalue weighted by atomic mass is 10.1. The maximum Gasteiger partial charge on any atom is 0.416 e. The second kappa shape index (κ2) is 6.48. The van der Waals surface area contributed by atoms with Crippen LogP contribution in [0, 0.1) is 0 Å². The summed E-state index contributed by atoms with van der Waals surface area (Å²) < 4.78 is 40.0. The molecule has 0 aliphatic rings. The molecule has 0 unspecified atom stereocenters. The Labute approximate surface area is 138 Å². The molecule has 3 aromatic rings. The lowest BCUT2D eigenvalue weighted by Crippen LogP contribution is -2.05. The number of hydrogen-bond donors (Lipinski definition) is 0. The molecule has 0 N–H and O–H groups in total. The van der Waals surface area contributed by atoms with Crippen molar-refractivity contribution in [3.63, 3.8) is 0 Å². The Morgan fingerprint density at radius 2 is 2.09 bits per heavy atom. The summed E-state index contributed by atoms with van der Waals surface area (Å²) in [4.78, 5) is 0.665. The first kappa shape index (κ1) is 16.3. The van der Waals surface area contributed by atoms with E-state index < -0.39 is 11.7 Å². The monoisotopic (exact) mass is 358 g/mol. The van der Waals surface area contributed by atoms with Crippen molar-refractivity contribution in [1.82, 2.24) is 19.8 Å². The van der Waals surface area contributed by atoms with E-state index in [2.05, 4.69) is 22.2 Å². The lowest BCUT2D eigenvalue weighted by Gasteiger charge is -2.07. The molecule has 0 amide bonds. The molecular weight excluding hydrogens is 345 g/mol. The average molecular weight is 358 g/mol. The third-order valence-corrected chi connectivity index (χ3v) is 4.91. The number of thioether (sulfide) groups is 1. The number of alkyl halides is 3. The first-order valence-electron chi connectivity index (χ1n) is 6.91. The van der Waals surface area contributed by atoms with Gasteiger partial charge in [0.05, 0.1) is 11.3 Å². The third kappa shape index (κ3) is 3.66. The smallest absolute Gasteiger partial charge is 0.186 e. The zero-order chi connectivity index (χ0) is 16.4. The second-order valence-corrected chi connectivity index (χ2v) is 7.13. The van der Waals surface area contributed by atoms with Crippen LogP contribution in [0.15, 0.2) is 24.3 Å². The van der Waals surface area contributed by atoms with Crippen LogP contribution >= 0.6 is 23.1 Å². The van der Waals surface area contributed by atoms with Gasteiger partial charge in [0.25, 0.3) is 0 Å². The van der Waals surface area contributed by atoms with E-state index in [9.17, 15) is 13.2 Å². The molecule has 122 valence electrons. The molecule has 2 heterocycles. The van der Waals surface area contributed by atoms with Crippen molar-refractivity contribution < 1.29 is 13.2 Å². The fourth-order valence-corrected chi connectivity index (χ4v) is 3.54. The molecule has 0 saturated carbocycles. The third-order valence-electron chi connectivity index (χ3n) is 3.14. The topological polar surface area (TPSA) is 43.1 Å². The van der Waals surface area contributed by atoms with Crippen LogP contribution in [-0.2, 0) is 18.3 Å². The van der Waals surface area contributed by atoms with Crippen molar-refractivity contribution in [3.05, 3.63) is 46.2 Å². The molecule has 0 atom stereocenters. The summed E-state index contributed by atoms with van der Waals surface area (Å²) >= 11 is 3.06. The number of rotatable bonds is 5. The van der Waals surface area contributed by atoms with Crippen molar-refractivity contribution in [3.8, 4) is 0 Å². The van der Waals surface area contributed by atoms with E-state index in [0.29, 0.717) is 22.7 Å². The average Bonchev–Trinajstić information content (AvgIpc) is 3.05. The number of benzene rings is 1. The zero-order valence-corrected chi connectivity index (χ0v) is 13.8. The van der Waals surface area contributed by atoms with Crippen molar-refractivity contribution in [2.45, 2.75) is 25.3 Å². The largest absolute Gasteiger partial charge is 0.416 e. The van der Waals surface area contributed by atoms with Crippen molar-refractivity contribution in [2.24, 2.45) is 0 Å². The van der Waals surface area contributed by atoms with Crippen molar-refractivity contribution >= 4 is 28.1 Å². The van der Waals surface area contributed by atoms with E-state index in [0.717, 1.165) is 28.7 Å². The molecule has 2 aromatic heterocycles. The molecule has 0 fully saturated rings. The molecule has 1 aromatic carbocycles. The maximum atomic E-state index is 12.8. The number of hydrogen-bond acceptors (Lipinski definition) is 5. The van der Waals surface area contributed by atoms with Gasteiger partial charge in [0.2, 0.25) is 4.96 Å². The molecule has 0 radical (unpaired) electrons. The quantitative estimate of drug-likeness (QED) is 0.690. The molecule has 0 aliphatic carbocycles. The van der Waals surface area contributed by atoms with E-state index in [1.54, 1.807) is 22.3 Å². The summed E-state index contributed by atoms with van der Waals surface area (Å²) in [5.41, 5.74) is -0.0627. The fourth-order valence-electron chi connectivity index (χ4n) is 2.08. The molecule has 0 aliphatic heterocycles. The summed E-state index contributed by atoms with van der Waals surface area (Å²) in [5, 5.41) is 13.3. The molecule has 4 nitrogen and oxygen atoms in total. The first-order chi connectivity index (χ1) is 11.0. The normalized spacial score (nSPS) is 12.2. The summed E-state index contributed by atoms with van der Waals surface area (Å²) in [6.07, 6.45) is -3.99. The van der Waals surface area contributed by atoms with Crippen LogP contribution in [0.3, 0.4) is 0 Å². The van der Waals surface area contributed by atoms with Crippen LogP contribution < -0.4 is 0 Å². The van der Waals surface area contributed by atoms with Crippen LogP contribution in [0.4, 0.5) is 13.2 Å². The molecule has 0 bridgehead atoms. The predicted molar refractivity (Wildman–Crippen MR) is 84.7 cm³/mol. The van der Waals surface area contributed by atoms with E-state index in [1.165, 1.54) is 17.4 Å². The second-order valence-electron chi connectivity index (χ2n) is 4.82. The maximum absolute atomic E-state index is 12.8. The Kier molecular flexibility index (Phi) is 4.58. The standard InChI is InChI=1S/C14H13F3N4S2/c1-2-22-8-11-18-19-13-21(11)20-12(23-13)7-9-4-3-5-10(6-9)14(15,16)17/h3-6H,2,7-8H2,1H3. The first-order valence-corrected chi connectivity index (χ1v) is 8.88. The summed E-state index contributed by atoms with van der Waals surface area (Å²) in [7, 11) is 0. The van der Waals surface area contributed by atoms with Gasteiger partial charge in [-0.2, -0.15) is 34.5 Å². The molecule has 9 heteroatoms. The minimum absolute atomic E-state index is 0.346. The minimum Gasteiger partial charge on any atom is -0.186 e. The van der Waals surface area contributed by atoms with Gasteiger partial charge in [0, 0.05) is 6.42 Å². The van der Waals surface area contributed by atoms with Crippen LogP contribution in [-0.4, -0.2) is 25.6 Å². The minimum atomic E-state index is -4.33. The molecule has 3 rings (SSSR count). The fraction of sp³-hybridized carbons (Fsp3) is 0.357. The molecule has 0 saturated heterocycles. The molecular formula is C14H13F3N4S2. The van der Waals surface area contributed by atoms with Crippen molar-refractivity contribution in [1.29, 1.82) is 0 Å². The van der Waals surface area contributed by atoms with Crippen LogP contribution in [0.1, 0.15) is 28.9 Å². The zero-order valence-electron chi connectivity index (χ0n) is 12.2. The van der Waals surface area contributed by atoms with Gasteiger partial charge in [-0.3, -0.25) is 0 Å². The van der Waals surface area contributed by atoms with E-state index >= 15 is 0 Å². The van der Waals surface area contributed by atoms with Crippen LogP contribution in [0.5, 0.6) is 0 Å². The summed E-state index contributed by atoms with van der Waals surface area (Å²) in [6.45, 7) is 2.06. The van der Waals surface area contributed by atoms with Gasteiger partial charge >= 0.3 is 6.18 Å². The van der Waals surface area contributed by atoms with Gasteiger partial charge < -0.3 is 0 Å². The van der Waals surface area contributed by atoms with Gasteiger partial charge in [-0.15, -0.1) is 10.2 Å². The van der Waals surface area contributed by atoms with E-state index in [-0.39, 0.29) is 0 Å². The lowest BCUT2D eigenvalue weighted by molar-refractivity contribution is -0.137. The number of halogens is 3. The number of nitrogens with zero attached hydrogens (tertiary/aromatic N) is 4. The van der Waals surface area contributed by atoms with Gasteiger partial charge in [0.15, 0.2) is 5.82 Å². The molecule has 0 spiro atoms. The highest BCUT2D eigenvalue weighted by molar-refractivity contribution is 7.98. The Morgan fingerprint density at radius 3 is 2.83 bits per heavy atom. The van der Waals surface area contributed by atoms with Gasteiger partial charge in [-0.1, -0.05) is 36.5 Å². The van der Waals surface area contributed by atoms with Gasteiger partial charge in [-0.25, -0.2) is 0 Å². The number of aromatic nitrogens is 4. The van der Waals surface area contributed by atoms with E-state index in [4.69, 9.17) is 0 Å². The highest BCUT2D eigenvalue weighted by Crippen LogP contribution is 2.30. The van der Waals surface area contributed by atoms with Crippen molar-refractivity contribution in [2.75, 3.05) is 5.75 Å². The van der Waals surface area contributed by atoms with Crippen LogP contribution in [0.25, 0.3) is 4.96 Å². The van der Waals surface area contributed by atoms with Crippen LogP contribution in [0.2, 0.25) is 0 Å². The Morgan fingerprint density at radius 1 is 1.26 bits per heavy atom. The highest BCUT2D eigenvalue weighted by Gasteiger charge is 2.30. The number of fused-ring (bicyclic) bond motifs is 1. The Balaban J connectivity index is 1.83. The predicted octanol–water partition coefficient (Wildman–Crippen LogP) is 4.05. The van der Waals surface area contributed by atoms with Gasteiger partial charge in [-0.05, 0) is 17.4 Å². The summed E-state index contributed by atoms with van der Waals surface area (Å²) in [6, 6.07) is 5.33. The highest BCUT2D eigenvalue weighted by atomic mass is 32.2. The van der Waals surface area contributed by atoms with Gasteiger partial charge in [0.1, 0.15) is 5.01 Å². The Hall–Kier alpha value is -1.61. The van der Waals surface area contributed by atoms with E-state index in [1.807, 2.05) is 0 Å². The molecule has 23 heavy (non-hydrogen) atoms.